The summed E-state index contributed by atoms with van der Waals surface area (Å²) in [6, 6.07) is 7.08. The lowest BCUT2D eigenvalue weighted by molar-refractivity contribution is -0.125. The minimum atomic E-state index is 0. The molecule has 0 aliphatic heterocycles. The zero-order valence-electron chi connectivity index (χ0n) is 16.3. The summed E-state index contributed by atoms with van der Waals surface area (Å²) in [6.45, 7) is 9.91. The Hall–Kier alpha value is -2.27. The van der Waals surface area contributed by atoms with Gasteiger partial charge in [0.05, 0.1) is 0 Å². The Kier molecular flexibility index (Phi) is 10.5. The second kappa shape index (κ2) is 11.4. The van der Waals surface area contributed by atoms with Crippen molar-refractivity contribution in [1.29, 1.82) is 0 Å². The molecular formula is C22H34N2O3. The fourth-order valence-electron chi connectivity index (χ4n) is 2.45. The highest BCUT2D eigenvalue weighted by molar-refractivity contribution is 5.92. The maximum Gasteiger partial charge on any atom is 0.141 e. The fourth-order valence-corrected chi connectivity index (χ4v) is 2.45. The fraction of sp³-hybridized carbons (Fsp3) is 0.500. The summed E-state index contributed by atoms with van der Waals surface area (Å²) in [4.78, 5) is 26.9. The summed E-state index contributed by atoms with van der Waals surface area (Å²) in [6.07, 6.45) is 2.02. The summed E-state index contributed by atoms with van der Waals surface area (Å²) >= 11 is 0. The molecule has 27 heavy (non-hydrogen) atoms. The number of nitrogens with two attached hydrogens (primary N) is 1. The Morgan fingerprint density at radius 1 is 1.07 bits per heavy atom. The molecule has 150 valence electrons. The molecule has 5 nitrogen and oxygen atoms in total. The number of aromatic nitrogens is 1. The van der Waals surface area contributed by atoms with Gasteiger partial charge in [0.25, 0.3) is 0 Å². The number of aromatic hydroxyl groups is 1. The minimum Gasteiger partial charge on any atom is -0.506 e. The van der Waals surface area contributed by atoms with Gasteiger partial charge in [-0.2, -0.15) is 0 Å². The van der Waals surface area contributed by atoms with Gasteiger partial charge < -0.3 is 10.8 Å². The quantitative estimate of drug-likeness (QED) is 0.792. The zero-order chi connectivity index (χ0) is 19.9. The molecule has 1 aromatic heterocycles. The second-order valence-corrected chi connectivity index (χ2v) is 7.13. The van der Waals surface area contributed by atoms with Crippen molar-refractivity contribution in [1.82, 2.24) is 4.98 Å². The van der Waals surface area contributed by atoms with E-state index in [1.165, 1.54) is 0 Å². The predicted molar refractivity (Wildman–Crippen MR) is 112 cm³/mol. The van der Waals surface area contributed by atoms with Crippen molar-refractivity contribution in [3.05, 3.63) is 36.0 Å². The topological polar surface area (TPSA) is 93.3 Å². The molecule has 0 radical (unpaired) electrons. The Bertz CT molecular complexity index is 754. The number of Topliss-reactive ketones (excluding diaryl/α,β-unsaturated/α-hetero) is 2. The van der Waals surface area contributed by atoms with Crippen LogP contribution in [-0.4, -0.2) is 28.2 Å². The molecular weight excluding hydrogens is 340 g/mol. The number of hydrogen-bond donors (Lipinski definition) is 2. The number of fused-ring (bicyclic) bond motifs is 1. The highest BCUT2D eigenvalue weighted by atomic mass is 16.3. The Balaban J connectivity index is 0.000000584. The first-order chi connectivity index (χ1) is 12.2. The van der Waals surface area contributed by atoms with Crippen molar-refractivity contribution >= 4 is 22.5 Å². The van der Waals surface area contributed by atoms with Crippen LogP contribution >= 0.6 is 0 Å². The van der Waals surface area contributed by atoms with Crippen LogP contribution in [0.15, 0.2) is 30.5 Å². The predicted octanol–water partition coefficient (Wildman–Crippen LogP) is 4.15. The van der Waals surface area contributed by atoms with Gasteiger partial charge in [-0.05, 0) is 17.7 Å². The molecule has 0 spiro atoms. The molecule has 2 aromatic rings. The first-order valence-corrected chi connectivity index (χ1v) is 9.01. The summed E-state index contributed by atoms with van der Waals surface area (Å²) in [5, 5.41) is 10.5. The van der Waals surface area contributed by atoms with Crippen molar-refractivity contribution < 1.29 is 14.7 Å². The standard InChI is InChI=1S/C14H15NO2.C7H15NO.CH4/c1-9(2)13(17)8-10-5-6-12(16)14-11(10)4-3-7-15-14;1-5(2)7(9)6(3)4-8;/h3-7,9,16H,8H2,1-2H3;5-6H,4,8H2,1-3H3;1H4. The van der Waals surface area contributed by atoms with E-state index in [-0.39, 0.29) is 42.5 Å². The van der Waals surface area contributed by atoms with Gasteiger partial charge in [-0.1, -0.05) is 54.2 Å². The number of phenolic OH excluding ortho intramolecular Hbond substituents is 1. The molecule has 1 unspecified atom stereocenters. The third-order valence-corrected chi connectivity index (χ3v) is 4.26. The number of benzene rings is 1. The number of ketones is 2. The summed E-state index contributed by atoms with van der Waals surface area (Å²) in [5.41, 5.74) is 6.77. The molecule has 0 bridgehead atoms. The van der Waals surface area contributed by atoms with Crippen LogP contribution in [0.1, 0.15) is 47.6 Å². The maximum atomic E-state index is 11.8. The van der Waals surface area contributed by atoms with Crippen LogP contribution in [0.5, 0.6) is 5.75 Å². The zero-order valence-corrected chi connectivity index (χ0v) is 16.3. The molecule has 0 aliphatic rings. The minimum absolute atomic E-state index is 0. The lowest BCUT2D eigenvalue weighted by Gasteiger charge is -2.08. The smallest absolute Gasteiger partial charge is 0.141 e. The van der Waals surface area contributed by atoms with Gasteiger partial charge in [0.2, 0.25) is 0 Å². The van der Waals surface area contributed by atoms with Crippen LogP contribution in [0.2, 0.25) is 0 Å². The SMILES string of the molecule is C.CC(C)C(=O)C(C)CN.CC(C)C(=O)Cc1ccc(O)c2ncccc12. The van der Waals surface area contributed by atoms with E-state index in [2.05, 4.69) is 4.98 Å². The number of hydrogen-bond acceptors (Lipinski definition) is 5. The van der Waals surface area contributed by atoms with E-state index in [1.807, 2.05) is 46.8 Å². The molecule has 0 fully saturated rings. The maximum absolute atomic E-state index is 11.8. The van der Waals surface area contributed by atoms with Crippen molar-refractivity contribution in [2.45, 2.75) is 48.5 Å². The van der Waals surface area contributed by atoms with Gasteiger partial charge >= 0.3 is 0 Å². The Morgan fingerprint density at radius 2 is 1.70 bits per heavy atom. The third kappa shape index (κ3) is 7.10. The molecule has 0 saturated carbocycles. The molecule has 2 rings (SSSR count). The number of rotatable bonds is 6. The van der Waals surface area contributed by atoms with E-state index in [0.29, 0.717) is 18.5 Å². The van der Waals surface area contributed by atoms with Crippen molar-refractivity contribution in [3.63, 3.8) is 0 Å². The van der Waals surface area contributed by atoms with E-state index >= 15 is 0 Å². The molecule has 1 atom stereocenters. The molecule has 1 aromatic carbocycles. The average Bonchev–Trinajstić information content (AvgIpc) is 2.63. The average molecular weight is 375 g/mol. The highest BCUT2D eigenvalue weighted by Crippen LogP contribution is 2.26. The Labute approximate surface area is 163 Å². The van der Waals surface area contributed by atoms with Crippen LogP contribution < -0.4 is 5.73 Å². The van der Waals surface area contributed by atoms with Gasteiger partial charge in [0.15, 0.2) is 0 Å². The van der Waals surface area contributed by atoms with E-state index in [0.717, 1.165) is 10.9 Å². The third-order valence-electron chi connectivity index (χ3n) is 4.26. The van der Waals surface area contributed by atoms with Crippen molar-refractivity contribution in [2.24, 2.45) is 23.5 Å². The van der Waals surface area contributed by atoms with Crippen LogP contribution in [0.4, 0.5) is 0 Å². The highest BCUT2D eigenvalue weighted by Gasteiger charge is 2.14. The summed E-state index contributed by atoms with van der Waals surface area (Å²) in [5.74, 6) is 0.795. The van der Waals surface area contributed by atoms with Crippen molar-refractivity contribution in [3.8, 4) is 5.75 Å². The first kappa shape index (κ1) is 24.7. The van der Waals surface area contributed by atoms with Gasteiger partial charge in [0, 0.05) is 42.3 Å². The normalized spacial score (nSPS) is 11.6. The van der Waals surface area contributed by atoms with Gasteiger partial charge in [-0.15, -0.1) is 0 Å². The molecule has 3 N–H and O–H groups in total. The lowest BCUT2D eigenvalue weighted by atomic mass is 9.97. The Morgan fingerprint density at radius 3 is 2.19 bits per heavy atom. The summed E-state index contributed by atoms with van der Waals surface area (Å²) in [7, 11) is 0. The summed E-state index contributed by atoms with van der Waals surface area (Å²) < 4.78 is 0. The van der Waals surface area contributed by atoms with Crippen LogP contribution in [-0.2, 0) is 16.0 Å². The van der Waals surface area contributed by atoms with E-state index in [9.17, 15) is 14.7 Å². The molecule has 0 saturated heterocycles. The number of pyridine rings is 1. The molecule has 1 heterocycles. The number of carbonyl (C=O) groups excluding carboxylic acids is 2. The first-order valence-electron chi connectivity index (χ1n) is 9.01. The second-order valence-electron chi connectivity index (χ2n) is 7.13. The van der Waals surface area contributed by atoms with Crippen LogP contribution in [0, 0.1) is 17.8 Å². The molecule has 0 amide bonds. The number of phenols is 1. The molecule has 0 aliphatic carbocycles. The largest absolute Gasteiger partial charge is 0.506 e. The lowest BCUT2D eigenvalue weighted by Crippen LogP contribution is -2.24. The van der Waals surface area contributed by atoms with Crippen LogP contribution in [0.3, 0.4) is 0 Å². The van der Waals surface area contributed by atoms with Crippen LogP contribution in [0.25, 0.3) is 10.9 Å². The number of nitrogens with zero attached hydrogens (tertiary/aromatic N) is 1. The van der Waals surface area contributed by atoms with E-state index in [4.69, 9.17) is 5.73 Å². The van der Waals surface area contributed by atoms with E-state index in [1.54, 1.807) is 18.3 Å². The number of carbonyl (C=O) groups is 2. The van der Waals surface area contributed by atoms with Gasteiger partial charge in [-0.3, -0.25) is 14.6 Å². The van der Waals surface area contributed by atoms with Crippen molar-refractivity contribution in [2.75, 3.05) is 6.54 Å². The monoisotopic (exact) mass is 374 g/mol. The van der Waals surface area contributed by atoms with Gasteiger partial charge in [-0.25, -0.2) is 0 Å². The molecule has 5 heteroatoms. The van der Waals surface area contributed by atoms with Gasteiger partial charge in [0.1, 0.15) is 22.8 Å². The van der Waals surface area contributed by atoms with E-state index < -0.39 is 0 Å².